The van der Waals surface area contributed by atoms with Crippen LogP contribution in [0, 0.1) is 0 Å². The van der Waals surface area contributed by atoms with E-state index in [0.29, 0.717) is 28.4 Å². The van der Waals surface area contributed by atoms with Crippen molar-refractivity contribution in [3.8, 4) is 11.3 Å². The van der Waals surface area contributed by atoms with Gasteiger partial charge < -0.3 is 25.7 Å². The third kappa shape index (κ3) is 7.23. The lowest BCUT2D eigenvalue weighted by Gasteiger charge is -2.19. The maximum absolute atomic E-state index is 13.0. The highest BCUT2D eigenvalue weighted by atomic mass is 16.2. The second-order valence-electron chi connectivity index (χ2n) is 12.2. The molecule has 44 heavy (non-hydrogen) atoms. The summed E-state index contributed by atoms with van der Waals surface area (Å²) in [5.74, 6) is 0.424. The molecular weight excluding hydrogens is 550 g/mol. The Balaban J connectivity index is 1.33. The summed E-state index contributed by atoms with van der Waals surface area (Å²) in [5, 5.41) is 12.2. The zero-order valence-corrected chi connectivity index (χ0v) is 26.0. The maximum Gasteiger partial charge on any atom is 0.315 e. The van der Waals surface area contributed by atoms with Gasteiger partial charge >= 0.3 is 6.03 Å². The Kier molecular flexibility index (Phi) is 8.66. The van der Waals surface area contributed by atoms with E-state index in [0.717, 1.165) is 16.8 Å². The average Bonchev–Trinajstić information content (AvgIpc) is 3.46. The number of benzene rings is 3. The summed E-state index contributed by atoms with van der Waals surface area (Å²) in [6.07, 6.45) is 5.52. The Hall–Kier alpha value is -5.18. The first-order valence-corrected chi connectivity index (χ1v) is 14.8. The number of urea groups is 1. The normalized spacial score (nSPS) is 12.2. The molecule has 0 saturated heterocycles. The van der Waals surface area contributed by atoms with Crippen molar-refractivity contribution in [3.05, 3.63) is 108 Å². The fraction of sp³-hybridized carbons (Fsp3) is 0.257. The SMILES string of the molecule is CC(C)NC(=O)NC(C)c1ccc(Nc2nc(-c3cccc(NC(=O)c4ccc(C(C)(C)C)cc4)c3)cn3ccnc23)cc1. The van der Waals surface area contributed by atoms with Crippen LogP contribution >= 0.6 is 0 Å². The number of fused-ring (bicyclic) bond motifs is 1. The summed E-state index contributed by atoms with van der Waals surface area (Å²) in [5.41, 5.74) is 6.53. The lowest BCUT2D eigenvalue weighted by molar-refractivity contribution is 0.102. The molecule has 9 nitrogen and oxygen atoms in total. The van der Waals surface area contributed by atoms with Crippen LogP contribution in [0.15, 0.2) is 91.4 Å². The number of aromatic nitrogens is 3. The Morgan fingerprint density at radius 3 is 2.27 bits per heavy atom. The first-order chi connectivity index (χ1) is 21.0. The lowest BCUT2D eigenvalue weighted by Crippen LogP contribution is -2.40. The predicted octanol–water partition coefficient (Wildman–Crippen LogP) is 7.46. The number of anilines is 3. The quantitative estimate of drug-likeness (QED) is 0.150. The largest absolute Gasteiger partial charge is 0.337 e. The van der Waals surface area contributed by atoms with Crippen LogP contribution in [0.25, 0.3) is 16.9 Å². The highest BCUT2D eigenvalue weighted by Gasteiger charge is 2.16. The number of hydrogen-bond acceptors (Lipinski definition) is 5. The van der Waals surface area contributed by atoms with Gasteiger partial charge in [0, 0.05) is 47.1 Å². The summed E-state index contributed by atoms with van der Waals surface area (Å²) in [4.78, 5) is 34.5. The Morgan fingerprint density at radius 1 is 0.864 bits per heavy atom. The van der Waals surface area contributed by atoms with Crippen LogP contribution in [0.2, 0.25) is 0 Å². The molecule has 0 saturated carbocycles. The first kappa shape index (κ1) is 30.3. The standard InChI is InChI=1S/C35H39N7O2/c1-22(2)37-34(44)38-23(3)24-12-16-28(17-13-24)39-31-32-36-18-19-42(32)21-30(41-31)26-8-7-9-29(20-26)40-33(43)25-10-14-27(15-11-25)35(4,5)6/h7-23H,1-6H3,(H,39,41)(H,40,43)(H2,37,38,44). The van der Waals surface area contributed by atoms with Crippen molar-refractivity contribution >= 4 is 34.8 Å². The molecule has 3 aromatic carbocycles. The van der Waals surface area contributed by atoms with Crippen LogP contribution in [0.4, 0.5) is 22.0 Å². The van der Waals surface area contributed by atoms with Gasteiger partial charge in [-0.15, -0.1) is 0 Å². The van der Waals surface area contributed by atoms with E-state index in [2.05, 4.69) is 47.0 Å². The van der Waals surface area contributed by atoms with Gasteiger partial charge in [0.15, 0.2) is 11.5 Å². The molecule has 0 aliphatic carbocycles. The molecule has 1 atom stereocenters. The van der Waals surface area contributed by atoms with Crippen molar-refractivity contribution < 1.29 is 9.59 Å². The van der Waals surface area contributed by atoms with E-state index in [1.54, 1.807) is 6.20 Å². The molecule has 2 heterocycles. The van der Waals surface area contributed by atoms with Gasteiger partial charge in [-0.05, 0) is 73.7 Å². The van der Waals surface area contributed by atoms with Crippen molar-refractivity contribution in [2.75, 3.05) is 10.6 Å². The minimum atomic E-state index is -0.198. The minimum Gasteiger partial charge on any atom is -0.337 e. The molecular formula is C35H39N7O2. The summed E-state index contributed by atoms with van der Waals surface area (Å²) in [6.45, 7) is 12.2. The Labute approximate surface area is 258 Å². The summed E-state index contributed by atoms with van der Waals surface area (Å²) >= 11 is 0. The molecule has 0 radical (unpaired) electrons. The van der Waals surface area contributed by atoms with Crippen molar-refractivity contribution in [2.24, 2.45) is 0 Å². The van der Waals surface area contributed by atoms with Crippen LogP contribution in [0.1, 0.15) is 69.1 Å². The van der Waals surface area contributed by atoms with Crippen molar-refractivity contribution in [1.82, 2.24) is 25.0 Å². The molecule has 4 N–H and O–H groups in total. The van der Waals surface area contributed by atoms with Crippen LogP contribution in [0.3, 0.4) is 0 Å². The van der Waals surface area contributed by atoms with Crippen LogP contribution < -0.4 is 21.3 Å². The zero-order valence-electron chi connectivity index (χ0n) is 26.0. The van der Waals surface area contributed by atoms with Crippen molar-refractivity contribution in [1.29, 1.82) is 0 Å². The van der Waals surface area contributed by atoms with E-state index in [9.17, 15) is 9.59 Å². The second kappa shape index (κ2) is 12.6. The highest BCUT2D eigenvalue weighted by Crippen LogP contribution is 2.28. The van der Waals surface area contributed by atoms with E-state index in [1.807, 2.05) is 110 Å². The maximum atomic E-state index is 13.0. The summed E-state index contributed by atoms with van der Waals surface area (Å²) in [6, 6.07) is 22.9. The fourth-order valence-electron chi connectivity index (χ4n) is 4.81. The highest BCUT2D eigenvalue weighted by molar-refractivity contribution is 6.04. The molecule has 0 aliphatic rings. The number of nitrogens with zero attached hydrogens (tertiary/aromatic N) is 3. The third-order valence-corrected chi connectivity index (χ3v) is 7.24. The van der Waals surface area contributed by atoms with Crippen molar-refractivity contribution in [2.45, 2.75) is 59.0 Å². The molecule has 5 aromatic rings. The second-order valence-corrected chi connectivity index (χ2v) is 12.2. The predicted molar refractivity (Wildman–Crippen MR) is 176 cm³/mol. The van der Waals surface area contributed by atoms with Gasteiger partial charge in [0.25, 0.3) is 5.91 Å². The van der Waals surface area contributed by atoms with Gasteiger partial charge in [-0.3, -0.25) is 4.79 Å². The van der Waals surface area contributed by atoms with Crippen LogP contribution in [-0.4, -0.2) is 32.3 Å². The molecule has 5 rings (SSSR count). The zero-order chi connectivity index (χ0) is 31.4. The summed E-state index contributed by atoms with van der Waals surface area (Å²) in [7, 11) is 0. The summed E-state index contributed by atoms with van der Waals surface area (Å²) < 4.78 is 1.92. The number of imidazole rings is 1. The van der Waals surface area contributed by atoms with E-state index in [4.69, 9.17) is 4.98 Å². The van der Waals surface area contributed by atoms with Gasteiger partial charge in [0.2, 0.25) is 0 Å². The number of nitrogens with one attached hydrogen (secondary N) is 4. The van der Waals surface area contributed by atoms with E-state index in [-0.39, 0.29) is 29.4 Å². The first-order valence-electron chi connectivity index (χ1n) is 14.8. The molecule has 0 aliphatic heterocycles. The molecule has 9 heteroatoms. The van der Waals surface area contributed by atoms with Gasteiger partial charge in [0.05, 0.1) is 11.7 Å². The number of carbonyl (C=O) groups excluding carboxylic acids is 2. The molecule has 1 unspecified atom stereocenters. The third-order valence-electron chi connectivity index (χ3n) is 7.24. The molecule has 0 bridgehead atoms. The topological polar surface area (TPSA) is 112 Å². The van der Waals surface area contributed by atoms with Gasteiger partial charge in [0.1, 0.15) is 0 Å². The fourth-order valence-corrected chi connectivity index (χ4v) is 4.81. The molecule has 0 spiro atoms. The van der Waals surface area contributed by atoms with E-state index in [1.165, 1.54) is 5.56 Å². The van der Waals surface area contributed by atoms with Gasteiger partial charge in [-0.25, -0.2) is 14.8 Å². The van der Waals surface area contributed by atoms with Gasteiger partial charge in [-0.2, -0.15) is 0 Å². The smallest absolute Gasteiger partial charge is 0.315 e. The average molecular weight is 590 g/mol. The molecule has 0 fully saturated rings. The Morgan fingerprint density at radius 2 is 1.59 bits per heavy atom. The monoisotopic (exact) mass is 589 g/mol. The number of rotatable bonds is 8. The number of amides is 3. The number of carbonyl (C=O) groups is 2. The molecule has 2 aromatic heterocycles. The van der Waals surface area contributed by atoms with Crippen LogP contribution in [0.5, 0.6) is 0 Å². The van der Waals surface area contributed by atoms with Gasteiger partial charge in [-0.1, -0.05) is 57.2 Å². The number of hydrogen-bond donors (Lipinski definition) is 4. The lowest BCUT2D eigenvalue weighted by atomic mass is 9.87. The molecule has 226 valence electrons. The van der Waals surface area contributed by atoms with Crippen molar-refractivity contribution in [3.63, 3.8) is 0 Å². The van der Waals surface area contributed by atoms with Crippen LogP contribution in [-0.2, 0) is 5.41 Å². The minimum absolute atomic E-state index is 0.0202. The molecule has 3 amide bonds. The Bertz CT molecular complexity index is 1770. The van der Waals surface area contributed by atoms with E-state index >= 15 is 0 Å². The van der Waals surface area contributed by atoms with E-state index < -0.39 is 0 Å².